The summed E-state index contributed by atoms with van der Waals surface area (Å²) in [5.41, 5.74) is 3.56. The molecular weight excluding hydrogens is 402 g/mol. The number of rotatable bonds is 6. The summed E-state index contributed by atoms with van der Waals surface area (Å²) in [6, 6.07) is 30.0. The number of benzene rings is 4. The van der Waals surface area contributed by atoms with Crippen LogP contribution in [0.15, 0.2) is 113 Å². The van der Waals surface area contributed by atoms with Gasteiger partial charge in [0.2, 0.25) is 0 Å². The Bertz CT molecular complexity index is 1280. The first kappa shape index (κ1) is 20.7. The third kappa shape index (κ3) is 4.76. The van der Waals surface area contributed by atoms with Gasteiger partial charge in [0.15, 0.2) is 0 Å². The van der Waals surface area contributed by atoms with Crippen LogP contribution in [0.1, 0.15) is 20.7 Å². The summed E-state index contributed by atoms with van der Waals surface area (Å²) in [4.78, 5) is 24.6. The van der Waals surface area contributed by atoms with E-state index in [0.717, 1.165) is 5.69 Å². The molecule has 1 amide bonds. The number of anilines is 1. The predicted octanol–water partition coefficient (Wildman–Crippen LogP) is 6.72. The van der Waals surface area contributed by atoms with E-state index in [1.165, 1.54) is 6.07 Å². The fourth-order valence-electron chi connectivity index (χ4n) is 3.24. The fourth-order valence-corrected chi connectivity index (χ4v) is 3.24. The van der Waals surface area contributed by atoms with E-state index in [1.54, 1.807) is 66.7 Å². The summed E-state index contributed by atoms with van der Waals surface area (Å²) in [6.07, 6.45) is 0. The molecule has 0 heterocycles. The van der Waals surface area contributed by atoms with E-state index in [9.17, 15) is 14.7 Å². The van der Waals surface area contributed by atoms with Crippen LogP contribution in [0.2, 0.25) is 0 Å². The van der Waals surface area contributed by atoms with Gasteiger partial charge >= 0.3 is 5.97 Å². The smallest absolute Gasteiger partial charge is 0.336 e. The molecule has 0 aliphatic rings. The van der Waals surface area contributed by atoms with Crippen LogP contribution >= 0.6 is 0 Å². The van der Waals surface area contributed by atoms with Crippen molar-refractivity contribution in [2.24, 2.45) is 10.2 Å². The van der Waals surface area contributed by atoms with E-state index in [1.807, 2.05) is 30.3 Å². The van der Waals surface area contributed by atoms with E-state index in [-0.39, 0.29) is 11.5 Å². The van der Waals surface area contributed by atoms with E-state index in [0.29, 0.717) is 28.1 Å². The quantitative estimate of drug-likeness (QED) is 0.339. The van der Waals surface area contributed by atoms with Gasteiger partial charge in [0.05, 0.1) is 16.9 Å². The zero-order valence-electron chi connectivity index (χ0n) is 17.0. The molecule has 0 unspecified atom stereocenters. The van der Waals surface area contributed by atoms with Gasteiger partial charge in [0.25, 0.3) is 5.91 Å². The van der Waals surface area contributed by atoms with Crippen LogP contribution in [-0.4, -0.2) is 17.0 Å². The van der Waals surface area contributed by atoms with Gasteiger partial charge in [-0.2, -0.15) is 10.2 Å². The number of aromatic carboxylic acids is 1. The Labute approximate surface area is 184 Å². The lowest BCUT2D eigenvalue weighted by atomic mass is 9.95. The molecule has 0 radical (unpaired) electrons. The highest BCUT2D eigenvalue weighted by molar-refractivity contribution is 6.10. The third-order valence-corrected chi connectivity index (χ3v) is 4.78. The summed E-state index contributed by atoms with van der Waals surface area (Å²) >= 11 is 0. The van der Waals surface area contributed by atoms with Gasteiger partial charge < -0.3 is 10.4 Å². The molecule has 4 aromatic carbocycles. The summed E-state index contributed by atoms with van der Waals surface area (Å²) in [5, 5.41) is 20.7. The maximum absolute atomic E-state index is 13.0. The highest BCUT2D eigenvalue weighted by Gasteiger charge is 2.17. The van der Waals surface area contributed by atoms with Crippen molar-refractivity contribution in [2.45, 2.75) is 0 Å². The molecule has 0 saturated heterocycles. The molecule has 0 atom stereocenters. The van der Waals surface area contributed by atoms with Crippen LogP contribution in [0.4, 0.5) is 17.1 Å². The molecule has 6 heteroatoms. The number of carboxylic acid groups (broad SMARTS) is 1. The molecule has 4 rings (SSSR count). The second-order valence-corrected chi connectivity index (χ2v) is 6.93. The Morgan fingerprint density at radius 2 is 1.09 bits per heavy atom. The van der Waals surface area contributed by atoms with Crippen LogP contribution in [0.5, 0.6) is 0 Å². The number of nitrogens with zero attached hydrogens (tertiary/aromatic N) is 2. The Morgan fingerprint density at radius 1 is 0.594 bits per heavy atom. The number of amides is 1. The first-order chi connectivity index (χ1) is 15.6. The molecule has 156 valence electrons. The zero-order chi connectivity index (χ0) is 22.3. The number of azo groups is 1. The molecule has 2 N–H and O–H groups in total. The highest BCUT2D eigenvalue weighted by atomic mass is 16.4. The lowest BCUT2D eigenvalue weighted by Crippen LogP contribution is -2.13. The molecule has 0 aliphatic heterocycles. The average Bonchev–Trinajstić information content (AvgIpc) is 2.84. The minimum atomic E-state index is -1.05. The number of carbonyl (C=O) groups excluding carboxylic acids is 1. The lowest BCUT2D eigenvalue weighted by molar-refractivity contribution is 0.0697. The van der Waals surface area contributed by atoms with Crippen molar-refractivity contribution in [1.82, 2.24) is 0 Å². The zero-order valence-corrected chi connectivity index (χ0v) is 17.0. The molecule has 4 aromatic rings. The molecule has 32 heavy (non-hydrogen) atoms. The maximum atomic E-state index is 13.0. The molecular formula is C26H19N3O3. The Hall–Kier alpha value is -4.58. The normalized spacial score (nSPS) is 10.8. The largest absolute Gasteiger partial charge is 0.478 e. The van der Waals surface area contributed by atoms with Crippen LogP contribution in [0, 0.1) is 0 Å². The first-order valence-electron chi connectivity index (χ1n) is 9.92. The lowest BCUT2D eigenvalue weighted by Gasteiger charge is -2.12. The van der Waals surface area contributed by atoms with Crippen molar-refractivity contribution in [2.75, 3.05) is 5.32 Å². The van der Waals surface area contributed by atoms with Gasteiger partial charge in [-0.25, -0.2) is 4.79 Å². The Kier molecular flexibility index (Phi) is 6.13. The monoisotopic (exact) mass is 421 g/mol. The van der Waals surface area contributed by atoms with E-state index in [4.69, 9.17) is 0 Å². The average molecular weight is 421 g/mol. The molecule has 0 bridgehead atoms. The van der Waals surface area contributed by atoms with Gasteiger partial charge in [0.1, 0.15) is 0 Å². The minimum absolute atomic E-state index is 0.140. The van der Waals surface area contributed by atoms with Crippen LogP contribution in [0.25, 0.3) is 11.1 Å². The number of carbonyl (C=O) groups is 2. The minimum Gasteiger partial charge on any atom is -0.478 e. The summed E-state index contributed by atoms with van der Waals surface area (Å²) in [6.45, 7) is 0. The number of nitrogens with one attached hydrogen (secondary N) is 1. The van der Waals surface area contributed by atoms with Crippen LogP contribution in [0.3, 0.4) is 0 Å². The Morgan fingerprint density at radius 3 is 1.72 bits per heavy atom. The SMILES string of the molecule is O=C(O)c1ccccc1-c1ccccc1C(=O)Nc1ccc(N=Nc2ccccc2)cc1. The summed E-state index contributed by atoms with van der Waals surface area (Å²) in [5.74, 6) is -1.38. The second kappa shape index (κ2) is 9.49. The van der Waals surface area contributed by atoms with E-state index in [2.05, 4.69) is 15.5 Å². The topological polar surface area (TPSA) is 91.1 Å². The number of carboxylic acids is 1. The van der Waals surface area contributed by atoms with Gasteiger partial charge in [-0.3, -0.25) is 4.79 Å². The second-order valence-electron chi connectivity index (χ2n) is 6.93. The summed E-state index contributed by atoms with van der Waals surface area (Å²) in [7, 11) is 0. The number of hydrogen-bond donors (Lipinski definition) is 2. The first-order valence-corrected chi connectivity index (χ1v) is 9.92. The van der Waals surface area contributed by atoms with Crippen molar-refractivity contribution >= 4 is 28.9 Å². The maximum Gasteiger partial charge on any atom is 0.336 e. The van der Waals surface area contributed by atoms with Crippen molar-refractivity contribution in [1.29, 1.82) is 0 Å². The molecule has 6 nitrogen and oxygen atoms in total. The molecule has 0 aliphatic carbocycles. The van der Waals surface area contributed by atoms with Gasteiger partial charge in [-0.15, -0.1) is 0 Å². The summed E-state index contributed by atoms with van der Waals surface area (Å²) < 4.78 is 0. The fraction of sp³-hybridized carbons (Fsp3) is 0. The van der Waals surface area contributed by atoms with Crippen LogP contribution in [-0.2, 0) is 0 Å². The van der Waals surface area contributed by atoms with Crippen molar-refractivity contribution in [3.8, 4) is 11.1 Å². The Balaban J connectivity index is 1.54. The van der Waals surface area contributed by atoms with E-state index < -0.39 is 5.97 Å². The van der Waals surface area contributed by atoms with Crippen LogP contribution < -0.4 is 5.32 Å². The number of hydrogen-bond acceptors (Lipinski definition) is 4. The molecule has 0 saturated carbocycles. The predicted molar refractivity (Wildman–Crippen MR) is 124 cm³/mol. The standard InChI is InChI=1S/C26H19N3O3/c30-25(23-12-6-4-10-21(23)22-11-5-7-13-24(22)26(31)32)27-18-14-16-20(17-15-18)29-28-19-8-2-1-3-9-19/h1-17H,(H,27,30)(H,31,32). The highest BCUT2D eigenvalue weighted by Crippen LogP contribution is 2.28. The molecule has 0 fully saturated rings. The molecule has 0 aromatic heterocycles. The van der Waals surface area contributed by atoms with Crippen molar-refractivity contribution < 1.29 is 14.7 Å². The van der Waals surface area contributed by atoms with Crippen molar-refractivity contribution in [3.05, 3.63) is 114 Å². The van der Waals surface area contributed by atoms with Gasteiger partial charge in [-0.1, -0.05) is 54.6 Å². The molecule has 0 spiro atoms. The van der Waals surface area contributed by atoms with Gasteiger partial charge in [-0.05, 0) is 59.7 Å². The van der Waals surface area contributed by atoms with Crippen molar-refractivity contribution in [3.63, 3.8) is 0 Å². The van der Waals surface area contributed by atoms with Gasteiger partial charge in [0, 0.05) is 11.3 Å². The van der Waals surface area contributed by atoms with E-state index >= 15 is 0 Å². The third-order valence-electron chi connectivity index (χ3n) is 4.78.